The van der Waals surface area contributed by atoms with Crippen molar-refractivity contribution in [3.63, 3.8) is 0 Å². The fourth-order valence-corrected chi connectivity index (χ4v) is 4.00. The number of nitrogens with one attached hydrogen (secondary N) is 1. The highest BCUT2D eigenvalue weighted by Gasteiger charge is 2.29. The van der Waals surface area contributed by atoms with E-state index in [2.05, 4.69) is 14.9 Å². The van der Waals surface area contributed by atoms with Crippen molar-refractivity contribution in [2.24, 2.45) is 0 Å². The average molecular weight is 408 g/mol. The molecule has 3 aromatic rings. The van der Waals surface area contributed by atoms with E-state index in [1.165, 1.54) is 0 Å². The molecule has 0 unspecified atom stereocenters. The Balaban J connectivity index is 1.59. The minimum Gasteiger partial charge on any atom is -0.339 e. The summed E-state index contributed by atoms with van der Waals surface area (Å²) in [7, 11) is -3.93. The van der Waals surface area contributed by atoms with Crippen molar-refractivity contribution < 1.29 is 17.3 Å². The first kappa shape index (κ1) is 17.9. The summed E-state index contributed by atoms with van der Waals surface area (Å²) in [5.74, 6) is 0.815. The SMILES string of the molecule is O=S(=O)(Nc1ccccc1Cc1nc(C2CC2)no1)c1ccc(F)c(Cl)c1. The number of halogens is 2. The van der Waals surface area contributed by atoms with Gasteiger partial charge in [0.1, 0.15) is 5.82 Å². The predicted molar refractivity (Wildman–Crippen MR) is 97.7 cm³/mol. The summed E-state index contributed by atoms with van der Waals surface area (Å²) in [6, 6.07) is 10.2. The van der Waals surface area contributed by atoms with Gasteiger partial charge in [0.2, 0.25) is 5.89 Å². The smallest absolute Gasteiger partial charge is 0.261 e. The van der Waals surface area contributed by atoms with Crippen molar-refractivity contribution in [3.8, 4) is 0 Å². The summed E-state index contributed by atoms with van der Waals surface area (Å²) in [5, 5.41) is 3.71. The molecule has 9 heteroatoms. The fourth-order valence-electron chi connectivity index (χ4n) is 2.63. The minimum atomic E-state index is -3.93. The zero-order valence-electron chi connectivity index (χ0n) is 14.0. The van der Waals surface area contributed by atoms with Gasteiger partial charge in [-0.3, -0.25) is 4.72 Å². The molecule has 4 rings (SSSR count). The second-order valence-electron chi connectivity index (χ2n) is 6.34. The monoisotopic (exact) mass is 407 g/mol. The Hall–Kier alpha value is -2.45. The van der Waals surface area contributed by atoms with Gasteiger partial charge in [0.05, 0.1) is 22.0 Å². The lowest BCUT2D eigenvalue weighted by molar-refractivity contribution is 0.379. The van der Waals surface area contributed by atoms with Crippen molar-refractivity contribution in [3.05, 3.63) is 70.6 Å². The molecule has 0 radical (unpaired) electrons. The molecule has 2 aromatic carbocycles. The van der Waals surface area contributed by atoms with Crippen LogP contribution in [0.25, 0.3) is 0 Å². The lowest BCUT2D eigenvalue weighted by Gasteiger charge is -2.12. The lowest BCUT2D eigenvalue weighted by atomic mass is 10.1. The highest BCUT2D eigenvalue weighted by atomic mass is 35.5. The Morgan fingerprint density at radius 2 is 2.00 bits per heavy atom. The molecule has 1 aliphatic rings. The maximum absolute atomic E-state index is 13.3. The minimum absolute atomic E-state index is 0.127. The van der Waals surface area contributed by atoms with E-state index in [1.807, 2.05) is 0 Å². The van der Waals surface area contributed by atoms with Gasteiger partial charge in [-0.2, -0.15) is 4.98 Å². The van der Waals surface area contributed by atoms with E-state index in [0.717, 1.165) is 31.0 Å². The molecule has 1 heterocycles. The van der Waals surface area contributed by atoms with Crippen LogP contribution < -0.4 is 4.72 Å². The number of nitrogens with zero attached hydrogens (tertiary/aromatic N) is 2. The van der Waals surface area contributed by atoms with Gasteiger partial charge >= 0.3 is 0 Å². The molecule has 1 fully saturated rings. The molecule has 0 bridgehead atoms. The molecule has 0 saturated heterocycles. The molecule has 0 amide bonds. The molecule has 6 nitrogen and oxygen atoms in total. The lowest BCUT2D eigenvalue weighted by Crippen LogP contribution is -2.14. The molecule has 1 aliphatic carbocycles. The van der Waals surface area contributed by atoms with Crippen LogP contribution in [-0.4, -0.2) is 18.6 Å². The van der Waals surface area contributed by atoms with Gasteiger partial charge in [0.25, 0.3) is 10.0 Å². The Morgan fingerprint density at radius 1 is 1.22 bits per heavy atom. The summed E-state index contributed by atoms with van der Waals surface area (Å²) >= 11 is 5.70. The Morgan fingerprint density at radius 3 is 2.74 bits per heavy atom. The third kappa shape index (κ3) is 3.96. The van der Waals surface area contributed by atoms with Gasteiger partial charge in [0.15, 0.2) is 5.82 Å². The van der Waals surface area contributed by atoms with E-state index in [-0.39, 0.29) is 9.92 Å². The molecule has 140 valence electrons. The van der Waals surface area contributed by atoms with Crippen LogP contribution in [0.15, 0.2) is 51.9 Å². The quantitative estimate of drug-likeness (QED) is 0.664. The van der Waals surface area contributed by atoms with Gasteiger partial charge in [-0.1, -0.05) is 35.0 Å². The van der Waals surface area contributed by atoms with E-state index in [4.69, 9.17) is 16.1 Å². The van der Waals surface area contributed by atoms with Crippen LogP contribution in [0.4, 0.5) is 10.1 Å². The summed E-state index contributed by atoms with van der Waals surface area (Å²) < 4.78 is 46.4. The Labute approximate surface area is 160 Å². The highest BCUT2D eigenvalue weighted by Crippen LogP contribution is 2.38. The third-order valence-corrected chi connectivity index (χ3v) is 5.88. The summed E-state index contributed by atoms with van der Waals surface area (Å²) in [5.41, 5.74) is 1.06. The van der Waals surface area contributed by atoms with Gasteiger partial charge < -0.3 is 4.52 Å². The number of rotatable bonds is 6. The maximum atomic E-state index is 13.3. The maximum Gasteiger partial charge on any atom is 0.261 e. The molecular formula is C18H15ClFN3O3S. The second-order valence-corrected chi connectivity index (χ2v) is 8.43. The van der Waals surface area contributed by atoms with Crippen molar-refractivity contribution in [2.75, 3.05) is 4.72 Å². The first-order valence-electron chi connectivity index (χ1n) is 8.30. The average Bonchev–Trinajstić information content (AvgIpc) is 3.38. The molecule has 1 N–H and O–H groups in total. The van der Waals surface area contributed by atoms with Crippen molar-refractivity contribution in [2.45, 2.75) is 30.1 Å². The first-order chi connectivity index (χ1) is 12.9. The molecule has 0 aliphatic heterocycles. The number of hydrogen-bond donors (Lipinski definition) is 1. The van der Waals surface area contributed by atoms with Crippen molar-refractivity contribution >= 4 is 27.3 Å². The number of aromatic nitrogens is 2. The summed E-state index contributed by atoms with van der Waals surface area (Å²) in [6.07, 6.45) is 2.42. The Kier molecular flexibility index (Phi) is 4.61. The number of para-hydroxylation sites is 1. The topological polar surface area (TPSA) is 85.1 Å². The molecule has 27 heavy (non-hydrogen) atoms. The summed E-state index contributed by atoms with van der Waals surface area (Å²) in [6.45, 7) is 0. The van der Waals surface area contributed by atoms with E-state index in [1.54, 1.807) is 24.3 Å². The van der Waals surface area contributed by atoms with Crippen LogP contribution in [0, 0.1) is 5.82 Å². The molecule has 0 spiro atoms. The van der Waals surface area contributed by atoms with Crippen LogP contribution in [-0.2, 0) is 16.4 Å². The predicted octanol–water partition coefficient (Wildman–Crippen LogP) is 4.13. The largest absolute Gasteiger partial charge is 0.339 e. The van der Waals surface area contributed by atoms with E-state index >= 15 is 0 Å². The molecule has 1 saturated carbocycles. The molecule has 0 atom stereocenters. The normalized spacial score (nSPS) is 14.3. The summed E-state index contributed by atoms with van der Waals surface area (Å²) in [4.78, 5) is 4.24. The van der Waals surface area contributed by atoms with Crippen LogP contribution in [0.5, 0.6) is 0 Å². The van der Waals surface area contributed by atoms with Gasteiger partial charge in [0, 0.05) is 5.92 Å². The van der Waals surface area contributed by atoms with Gasteiger partial charge in [-0.05, 0) is 42.7 Å². The van der Waals surface area contributed by atoms with Crippen LogP contribution in [0.1, 0.15) is 36.0 Å². The number of anilines is 1. The molecule has 1 aromatic heterocycles. The van der Waals surface area contributed by atoms with E-state index < -0.39 is 15.8 Å². The highest BCUT2D eigenvalue weighted by molar-refractivity contribution is 7.92. The second kappa shape index (κ2) is 6.94. The van der Waals surface area contributed by atoms with Crippen LogP contribution in [0.3, 0.4) is 0 Å². The van der Waals surface area contributed by atoms with Crippen LogP contribution >= 0.6 is 11.6 Å². The zero-order chi connectivity index (χ0) is 19.0. The van der Waals surface area contributed by atoms with Crippen LogP contribution in [0.2, 0.25) is 5.02 Å². The van der Waals surface area contributed by atoms with Gasteiger partial charge in [-0.25, -0.2) is 12.8 Å². The number of hydrogen-bond acceptors (Lipinski definition) is 5. The van der Waals surface area contributed by atoms with Crippen molar-refractivity contribution in [1.29, 1.82) is 0 Å². The van der Waals surface area contributed by atoms with Gasteiger partial charge in [-0.15, -0.1) is 0 Å². The van der Waals surface area contributed by atoms with E-state index in [0.29, 0.717) is 35.3 Å². The standard InChI is InChI=1S/C18H15ClFN3O3S/c19-14-10-13(7-8-15(14)20)27(24,25)23-16-4-2-1-3-12(16)9-17-21-18(22-26-17)11-5-6-11/h1-4,7-8,10-11,23H,5-6,9H2. The Bertz CT molecular complexity index is 1100. The third-order valence-electron chi connectivity index (χ3n) is 4.23. The van der Waals surface area contributed by atoms with Crippen molar-refractivity contribution in [1.82, 2.24) is 10.1 Å². The molecular weight excluding hydrogens is 393 g/mol. The fraction of sp³-hybridized carbons (Fsp3) is 0.222. The zero-order valence-corrected chi connectivity index (χ0v) is 15.6. The number of sulfonamides is 1. The number of benzene rings is 2. The first-order valence-corrected chi connectivity index (χ1v) is 10.2. The van der Waals surface area contributed by atoms with E-state index in [9.17, 15) is 12.8 Å².